The highest BCUT2D eigenvalue weighted by molar-refractivity contribution is 5.94. The lowest BCUT2D eigenvalue weighted by atomic mass is 10.0. The van der Waals surface area contributed by atoms with Crippen LogP contribution in [0, 0.1) is 0 Å². The number of amides is 1. The molecule has 0 aliphatic carbocycles. The standard InChI is InChI=1S/C18H22N4O3/c1-12(23)13-6-7-15(25-3)14(9-13)10-18(24)21(2)11-17-20-19-16-5-4-8-22(16)17/h6-7,9H,4-5,8,10-11H2,1-3H3. The van der Waals surface area contributed by atoms with Gasteiger partial charge in [0.2, 0.25) is 5.91 Å². The predicted octanol–water partition coefficient (Wildman–Crippen LogP) is 1.64. The maximum atomic E-state index is 12.6. The van der Waals surface area contributed by atoms with Gasteiger partial charge in [-0.15, -0.1) is 10.2 Å². The van der Waals surface area contributed by atoms with E-state index in [0.717, 1.165) is 31.0 Å². The summed E-state index contributed by atoms with van der Waals surface area (Å²) in [7, 11) is 3.31. The molecule has 0 saturated heterocycles. The minimum Gasteiger partial charge on any atom is -0.496 e. The van der Waals surface area contributed by atoms with E-state index in [9.17, 15) is 9.59 Å². The molecule has 0 fully saturated rings. The van der Waals surface area contributed by atoms with E-state index in [1.807, 2.05) is 0 Å². The van der Waals surface area contributed by atoms with Crippen molar-refractivity contribution in [3.63, 3.8) is 0 Å². The third-order valence-electron chi connectivity index (χ3n) is 4.52. The number of hydrogen-bond donors (Lipinski definition) is 0. The van der Waals surface area contributed by atoms with Gasteiger partial charge in [-0.2, -0.15) is 0 Å². The van der Waals surface area contributed by atoms with Crippen LogP contribution in [0.3, 0.4) is 0 Å². The van der Waals surface area contributed by atoms with Crippen molar-refractivity contribution >= 4 is 11.7 Å². The Morgan fingerprint density at radius 3 is 2.84 bits per heavy atom. The zero-order valence-electron chi connectivity index (χ0n) is 14.8. The van der Waals surface area contributed by atoms with E-state index < -0.39 is 0 Å². The summed E-state index contributed by atoms with van der Waals surface area (Å²) in [4.78, 5) is 25.8. The molecule has 0 spiro atoms. The van der Waals surface area contributed by atoms with E-state index in [2.05, 4.69) is 14.8 Å². The van der Waals surface area contributed by atoms with Crippen molar-refractivity contribution in [1.82, 2.24) is 19.7 Å². The number of carbonyl (C=O) groups is 2. The van der Waals surface area contributed by atoms with Gasteiger partial charge in [0.25, 0.3) is 0 Å². The lowest BCUT2D eigenvalue weighted by Crippen LogP contribution is -2.29. The predicted molar refractivity (Wildman–Crippen MR) is 91.5 cm³/mol. The van der Waals surface area contributed by atoms with Crippen molar-refractivity contribution in [1.29, 1.82) is 0 Å². The molecular weight excluding hydrogens is 320 g/mol. The first-order valence-electron chi connectivity index (χ1n) is 8.32. The van der Waals surface area contributed by atoms with Gasteiger partial charge in [-0.25, -0.2) is 0 Å². The van der Waals surface area contributed by atoms with Crippen molar-refractivity contribution in [2.24, 2.45) is 0 Å². The molecule has 1 aliphatic rings. The molecule has 0 saturated carbocycles. The normalized spacial score (nSPS) is 12.8. The lowest BCUT2D eigenvalue weighted by molar-refractivity contribution is -0.129. The van der Waals surface area contributed by atoms with E-state index >= 15 is 0 Å². The second-order valence-corrected chi connectivity index (χ2v) is 6.30. The Morgan fingerprint density at radius 1 is 1.32 bits per heavy atom. The van der Waals surface area contributed by atoms with Crippen LogP contribution in [-0.2, 0) is 30.7 Å². The van der Waals surface area contributed by atoms with E-state index in [4.69, 9.17) is 4.74 Å². The molecule has 3 rings (SSSR count). The third kappa shape index (κ3) is 3.55. The molecule has 2 heterocycles. The van der Waals surface area contributed by atoms with Crippen LogP contribution in [0.25, 0.3) is 0 Å². The van der Waals surface area contributed by atoms with E-state index in [1.165, 1.54) is 6.92 Å². The van der Waals surface area contributed by atoms with E-state index in [1.54, 1.807) is 37.3 Å². The van der Waals surface area contributed by atoms with Gasteiger partial charge in [-0.1, -0.05) is 0 Å². The van der Waals surface area contributed by atoms with Crippen LogP contribution in [0.4, 0.5) is 0 Å². The number of aryl methyl sites for hydroxylation is 1. The maximum absolute atomic E-state index is 12.6. The van der Waals surface area contributed by atoms with Gasteiger partial charge in [-0.05, 0) is 31.5 Å². The molecule has 0 unspecified atom stereocenters. The minimum absolute atomic E-state index is 0.0382. The lowest BCUT2D eigenvalue weighted by Gasteiger charge is -2.18. The van der Waals surface area contributed by atoms with Gasteiger partial charge in [0.05, 0.1) is 20.1 Å². The van der Waals surface area contributed by atoms with Crippen LogP contribution < -0.4 is 4.74 Å². The second kappa shape index (κ2) is 7.04. The second-order valence-electron chi connectivity index (χ2n) is 6.30. The number of benzene rings is 1. The molecule has 2 aromatic rings. The number of ketones is 1. The molecule has 1 aromatic carbocycles. The minimum atomic E-state index is -0.0608. The van der Waals surface area contributed by atoms with Crippen LogP contribution in [0.2, 0.25) is 0 Å². The summed E-state index contributed by atoms with van der Waals surface area (Å²) in [6.07, 6.45) is 2.19. The summed E-state index contributed by atoms with van der Waals surface area (Å²) in [5.74, 6) is 2.31. The zero-order chi connectivity index (χ0) is 18.0. The molecule has 132 valence electrons. The molecule has 1 aliphatic heterocycles. The van der Waals surface area contributed by atoms with E-state index in [-0.39, 0.29) is 18.1 Å². The van der Waals surface area contributed by atoms with Crippen molar-refractivity contribution < 1.29 is 14.3 Å². The van der Waals surface area contributed by atoms with Crippen molar-refractivity contribution in [3.05, 3.63) is 41.0 Å². The Hall–Kier alpha value is -2.70. The van der Waals surface area contributed by atoms with Crippen LogP contribution in [0.15, 0.2) is 18.2 Å². The van der Waals surface area contributed by atoms with Crippen LogP contribution in [-0.4, -0.2) is 45.5 Å². The van der Waals surface area contributed by atoms with Crippen LogP contribution >= 0.6 is 0 Å². The number of hydrogen-bond acceptors (Lipinski definition) is 5. The smallest absolute Gasteiger partial charge is 0.227 e. The fourth-order valence-corrected chi connectivity index (χ4v) is 3.06. The van der Waals surface area contributed by atoms with Crippen molar-refractivity contribution in [3.8, 4) is 5.75 Å². The van der Waals surface area contributed by atoms with Gasteiger partial charge < -0.3 is 14.2 Å². The van der Waals surface area contributed by atoms with Gasteiger partial charge in [-0.3, -0.25) is 9.59 Å². The molecular formula is C18H22N4O3. The average molecular weight is 342 g/mol. The van der Waals surface area contributed by atoms with Gasteiger partial charge >= 0.3 is 0 Å². The number of carbonyl (C=O) groups excluding carboxylic acids is 2. The van der Waals surface area contributed by atoms with Gasteiger partial charge in [0.1, 0.15) is 11.6 Å². The first-order chi connectivity index (χ1) is 12.0. The summed E-state index contributed by atoms with van der Waals surface area (Å²) < 4.78 is 7.40. The Morgan fingerprint density at radius 2 is 2.12 bits per heavy atom. The monoisotopic (exact) mass is 342 g/mol. The first kappa shape index (κ1) is 17.1. The summed E-state index contributed by atoms with van der Waals surface area (Å²) in [6.45, 7) is 2.83. The summed E-state index contributed by atoms with van der Waals surface area (Å²) >= 11 is 0. The van der Waals surface area contributed by atoms with E-state index in [0.29, 0.717) is 23.4 Å². The molecule has 0 radical (unpaired) electrons. The summed E-state index contributed by atoms with van der Waals surface area (Å²) in [5, 5.41) is 8.36. The Bertz CT molecular complexity index is 813. The average Bonchev–Trinajstić information content (AvgIpc) is 3.19. The Balaban J connectivity index is 1.72. The number of nitrogens with zero attached hydrogens (tertiary/aromatic N) is 4. The van der Waals surface area contributed by atoms with Gasteiger partial charge in [0.15, 0.2) is 11.6 Å². The summed E-state index contributed by atoms with van der Waals surface area (Å²) in [6, 6.07) is 5.16. The number of Topliss-reactive ketones (excluding diaryl/α,β-unsaturated/α-hetero) is 1. The highest BCUT2D eigenvalue weighted by Crippen LogP contribution is 2.22. The topological polar surface area (TPSA) is 77.3 Å². The van der Waals surface area contributed by atoms with Gasteiger partial charge in [0, 0.05) is 31.1 Å². The highest BCUT2D eigenvalue weighted by Gasteiger charge is 2.21. The van der Waals surface area contributed by atoms with Crippen LogP contribution in [0.5, 0.6) is 5.75 Å². The molecule has 7 heteroatoms. The van der Waals surface area contributed by atoms with Crippen molar-refractivity contribution in [2.75, 3.05) is 14.2 Å². The molecule has 0 bridgehead atoms. The molecule has 0 N–H and O–H groups in total. The molecule has 25 heavy (non-hydrogen) atoms. The number of methoxy groups -OCH3 is 1. The number of aromatic nitrogens is 3. The van der Waals surface area contributed by atoms with Crippen molar-refractivity contribution in [2.45, 2.75) is 39.3 Å². The number of fused-ring (bicyclic) bond motifs is 1. The zero-order valence-corrected chi connectivity index (χ0v) is 14.8. The number of likely N-dealkylation sites (N-methyl/N-ethyl adjacent to an activating group) is 1. The Labute approximate surface area is 146 Å². The third-order valence-corrected chi connectivity index (χ3v) is 4.52. The largest absolute Gasteiger partial charge is 0.496 e. The van der Waals surface area contributed by atoms with Crippen LogP contribution in [0.1, 0.15) is 40.9 Å². The Kier molecular flexibility index (Phi) is 4.83. The molecule has 1 amide bonds. The molecule has 7 nitrogen and oxygen atoms in total. The SMILES string of the molecule is COc1ccc(C(C)=O)cc1CC(=O)N(C)Cc1nnc2n1CCC2. The fourth-order valence-electron chi connectivity index (χ4n) is 3.06. The quantitative estimate of drug-likeness (QED) is 0.746. The summed E-state index contributed by atoms with van der Waals surface area (Å²) in [5.41, 5.74) is 1.28. The first-order valence-corrected chi connectivity index (χ1v) is 8.32. The maximum Gasteiger partial charge on any atom is 0.227 e. The number of rotatable bonds is 6. The fraction of sp³-hybridized carbons (Fsp3) is 0.444. The molecule has 1 aromatic heterocycles. The highest BCUT2D eigenvalue weighted by atomic mass is 16.5. The number of ether oxygens (including phenoxy) is 1. The molecule has 0 atom stereocenters.